The van der Waals surface area contributed by atoms with Crippen LogP contribution < -0.4 is 15.5 Å². The highest BCUT2D eigenvalue weighted by atomic mass is 16.2. The molecule has 6 nitrogen and oxygen atoms in total. The summed E-state index contributed by atoms with van der Waals surface area (Å²) in [6.45, 7) is 4.58. The predicted molar refractivity (Wildman–Crippen MR) is 122 cm³/mol. The first-order valence-electron chi connectivity index (χ1n) is 11.0. The average Bonchev–Trinajstić information content (AvgIpc) is 3.09. The van der Waals surface area contributed by atoms with Crippen LogP contribution >= 0.6 is 0 Å². The van der Waals surface area contributed by atoms with Crippen LogP contribution in [0.3, 0.4) is 0 Å². The summed E-state index contributed by atoms with van der Waals surface area (Å²) in [4.78, 5) is 39.2. The summed E-state index contributed by atoms with van der Waals surface area (Å²) in [7, 11) is 0. The molecule has 4 rings (SSSR count). The first-order chi connectivity index (χ1) is 14.9. The highest BCUT2D eigenvalue weighted by molar-refractivity contribution is 6.04. The SMILES string of the molecule is CC(C)c1ccc(NC(=O)[C@@H]2CC(=O)N(c3cccc(NC(=O)C4CCC4)c3)C2)cc1. The Morgan fingerprint density at radius 2 is 1.61 bits per heavy atom. The zero-order valence-electron chi connectivity index (χ0n) is 18.1. The molecule has 1 heterocycles. The topological polar surface area (TPSA) is 78.5 Å². The Morgan fingerprint density at radius 1 is 0.935 bits per heavy atom. The monoisotopic (exact) mass is 419 g/mol. The Labute approximate surface area is 183 Å². The molecule has 1 atom stereocenters. The van der Waals surface area contributed by atoms with E-state index in [2.05, 4.69) is 24.5 Å². The van der Waals surface area contributed by atoms with Crippen LogP contribution in [-0.4, -0.2) is 24.3 Å². The maximum absolute atomic E-state index is 12.7. The molecule has 6 heteroatoms. The van der Waals surface area contributed by atoms with Gasteiger partial charge in [-0.2, -0.15) is 0 Å². The van der Waals surface area contributed by atoms with Crippen LogP contribution in [0.2, 0.25) is 0 Å². The summed E-state index contributed by atoms with van der Waals surface area (Å²) < 4.78 is 0. The second-order valence-electron chi connectivity index (χ2n) is 8.84. The molecular weight excluding hydrogens is 390 g/mol. The van der Waals surface area contributed by atoms with Gasteiger partial charge in [-0.05, 0) is 54.7 Å². The number of nitrogens with zero attached hydrogens (tertiary/aromatic N) is 1. The fourth-order valence-corrected chi connectivity index (χ4v) is 3.99. The molecular formula is C25H29N3O3. The zero-order chi connectivity index (χ0) is 22.0. The molecule has 0 radical (unpaired) electrons. The molecule has 2 N–H and O–H groups in total. The van der Waals surface area contributed by atoms with Gasteiger partial charge in [0.1, 0.15) is 0 Å². The number of benzene rings is 2. The van der Waals surface area contributed by atoms with Crippen molar-refractivity contribution in [2.75, 3.05) is 22.1 Å². The van der Waals surface area contributed by atoms with E-state index in [9.17, 15) is 14.4 Å². The number of carbonyl (C=O) groups excluding carboxylic acids is 3. The maximum atomic E-state index is 12.7. The Balaban J connectivity index is 1.39. The first-order valence-corrected chi connectivity index (χ1v) is 11.0. The summed E-state index contributed by atoms with van der Waals surface area (Å²) in [5.74, 6) is -0.0810. The molecule has 2 aromatic rings. The van der Waals surface area contributed by atoms with Gasteiger partial charge in [0.25, 0.3) is 0 Å². The van der Waals surface area contributed by atoms with Gasteiger partial charge in [0.05, 0.1) is 5.92 Å². The summed E-state index contributed by atoms with van der Waals surface area (Å²) in [5, 5.41) is 5.88. The molecule has 2 aliphatic rings. The first kappa shape index (κ1) is 21.1. The van der Waals surface area contributed by atoms with Gasteiger partial charge in [-0.15, -0.1) is 0 Å². The molecule has 1 aliphatic heterocycles. The van der Waals surface area contributed by atoms with Crippen LogP contribution in [0.5, 0.6) is 0 Å². The van der Waals surface area contributed by atoms with E-state index in [1.54, 1.807) is 11.0 Å². The zero-order valence-corrected chi connectivity index (χ0v) is 18.1. The number of nitrogens with one attached hydrogen (secondary N) is 2. The standard InChI is InChI=1S/C25H29N3O3/c1-16(2)17-9-11-20(12-10-17)26-25(31)19-13-23(29)28(15-19)22-8-4-7-21(14-22)27-24(30)18-5-3-6-18/h4,7-12,14,16,18-19H,3,5-6,13,15H2,1-2H3,(H,26,31)(H,27,30)/t19-/m1/s1. The average molecular weight is 420 g/mol. The van der Waals surface area contributed by atoms with Crippen molar-refractivity contribution >= 4 is 34.8 Å². The van der Waals surface area contributed by atoms with E-state index in [-0.39, 0.29) is 30.1 Å². The van der Waals surface area contributed by atoms with Crippen LogP contribution in [0.1, 0.15) is 51.0 Å². The molecule has 162 valence electrons. The van der Waals surface area contributed by atoms with Crippen LogP contribution in [0.25, 0.3) is 0 Å². The molecule has 2 fully saturated rings. The molecule has 0 spiro atoms. The van der Waals surface area contributed by atoms with Gasteiger partial charge in [0.2, 0.25) is 17.7 Å². The van der Waals surface area contributed by atoms with Crippen molar-refractivity contribution in [2.45, 2.75) is 45.4 Å². The minimum absolute atomic E-state index is 0.0388. The minimum atomic E-state index is -0.412. The van der Waals surface area contributed by atoms with E-state index < -0.39 is 5.92 Å². The van der Waals surface area contributed by atoms with Crippen molar-refractivity contribution in [3.05, 3.63) is 54.1 Å². The molecule has 0 unspecified atom stereocenters. The molecule has 0 bridgehead atoms. The normalized spacial score (nSPS) is 18.7. The van der Waals surface area contributed by atoms with E-state index >= 15 is 0 Å². The number of hydrogen-bond acceptors (Lipinski definition) is 3. The molecule has 31 heavy (non-hydrogen) atoms. The summed E-state index contributed by atoms with van der Waals surface area (Å²) in [6.07, 6.45) is 3.15. The summed E-state index contributed by atoms with van der Waals surface area (Å²) in [5.41, 5.74) is 3.33. The smallest absolute Gasteiger partial charge is 0.229 e. The van der Waals surface area contributed by atoms with E-state index in [4.69, 9.17) is 0 Å². The second kappa shape index (κ2) is 8.92. The van der Waals surface area contributed by atoms with Gasteiger partial charge in [0.15, 0.2) is 0 Å². The van der Waals surface area contributed by atoms with Gasteiger partial charge in [-0.3, -0.25) is 14.4 Å². The van der Waals surface area contributed by atoms with Crippen molar-refractivity contribution in [3.8, 4) is 0 Å². The molecule has 1 saturated heterocycles. The van der Waals surface area contributed by atoms with Crippen molar-refractivity contribution in [3.63, 3.8) is 0 Å². The van der Waals surface area contributed by atoms with E-state index in [0.717, 1.165) is 24.9 Å². The molecule has 3 amide bonds. The third-order valence-corrected chi connectivity index (χ3v) is 6.24. The third kappa shape index (κ3) is 4.79. The lowest BCUT2D eigenvalue weighted by atomic mass is 9.85. The summed E-state index contributed by atoms with van der Waals surface area (Å²) >= 11 is 0. The molecule has 1 aliphatic carbocycles. The Hall–Kier alpha value is -3.15. The van der Waals surface area contributed by atoms with Crippen LogP contribution in [0, 0.1) is 11.8 Å². The van der Waals surface area contributed by atoms with Gasteiger partial charge >= 0.3 is 0 Å². The molecule has 0 aromatic heterocycles. The Morgan fingerprint density at radius 3 is 2.26 bits per heavy atom. The van der Waals surface area contributed by atoms with Gasteiger partial charge in [-0.1, -0.05) is 38.5 Å². The number of anilines is 3. The largest absolute Gasteiger partial charge is 0.326 e. The Kier molecular flexibility index (Phi) is 6.07. The van der Waals surface area contributed by atoms with E-state index in [1.165, 1.54) is 5.56 Å². The minimum Gasteiger partial charge on any atom is -0.326 e. The number of carbonyl (C=O) groups is 3. The lowest BCUT2D eigenvalue weighted by Gasteiger charge is -2.24. The highest BCUT2D eigenvalue weighted by Crippen LogP contribution is 2.30. The van der Waals surface area contributed by atoms with Gasteiger partial charge < -0.3 is 15.5 Å². The molecule has 1 saturated carbocycles. The highest BCUT2D eigenvalue weighted by Gasteiger charge is 2.35. The van der Waals surface area contributed by atoms with E-state index in [0.29, 0.717) is 23.8 Å². The van der Waals surface area contributed by atoms with Crippen molar-refractivity contribution in [1.29, 1.82) is 0 Å². The summed E-state index contributed by atoms with van der Waals surface area (Å²) in [6, 6.07) is 15.1. The lowest BCUT2D eigenvalue weighted by molar-refractivity contribution is -0.122. The van der Waals surface area contributed by atoms with Crippen LogP contribution in [0.15, 0.2) is 48.5 Å². The van der Waals surface area contributed by atoms with Crippen LogP contribution in [-0.2, 0) is 14.4 Å². The molecule has 2 aromatic carbocycles. The fourth-order valence-electron chi connectivity index (χ4n) is 3.99. The van der Waals surface area contributed by atoms with Gasteiger partial charge in [0, 0.05) is 35.9 Å². The van der Waals surface area contributed by atoms with Crippen molar-refractivity contribution < 1.29 is 14.4 Å². The van der Waals surface area contributed by atoms with E-state index in [1.807, 2.05) is 42.5 Å². The number of rotatable bonds is 6. The lowest BCUT2D eigenvalue weighted by Crippen LogP contribution is -2.29. The van der Waals surface area contributed by atoms with Crippen LogP contribution in [0.4, 0.5) is 17.1 Å². The second-order valence-corrected chi connectivity index (χ2v) is 8.84. The third-order valence-electron chi connectivity index (χ3n) is 6.24. The number of amides is 3. The number of hydrogen-bond donors (Lipinski definition) is 2. The Bertz CT molecular complexity index is 980. The quantitative estimate of drug-likeness (QED) is 0.721. The van der Waals surface area contributed by atoms with Crippen molar-refractivity contribution in [1.82, 2.24) is 0 Å². The maximum Gasteiger partial charge on any atom is 0.229 e. The van der Waals surface area contributed by atoms with Crippen molar-refractivity contribution in [2.24, 2.45) is 11.8 Å². The predicted octanol–water partition coefficient (Wildman–Crippen LogP) is 4.54. The fraction of sp³-hybridized carbons (Fsp3) is 0.400. The van der Waals surface area contributed by atoms with Gasteiger partial charge in [-0.25, -0.2) is 0 Å².